The number of aryl methyl sites for hydroxylation is 1. The van der Waals surface area contributed by atoms with Gasteiger partial charge in [-0.05, 0) is 49.4 Å². The molecule has 0 aliphatic heterocycles. The van der Waals surface area contributed by atoms with Gasteiger partial charge in [0.25, 0.3) is 5.91 Å². The Hall–Kier alpha value is -1.51. The van der Waals surface area contributed by atoms with Crippen molar-refractivity contribution in [1.29, 1.82) is 0 Å². The van der Waals surface area contributed by atoms with Crippen molar-refractivity contribution in [3.8, 4) is 0 Å². The lowest BCUT2D eigenvalue weighted by Crippen LogP contribution is -2.33. The van der Waals surface area contributed by atoms with Crippen LogP contribution in [-0.4, -0.2) is 24.4 Å². The SMILES string of the molecule is Cc1cc(N)ccc1C(=O)N(C)CC1CCCCC1. The summed E-state index contributed by atoms with van der Waals surface area (Å²) >= 11 is 0. The Morgan fingerprint density at radius 2 is 2.00 bits per heavy atom. The van der Waals surface area contributed by atoms with E-state index < -0.39 is 0 Å². The van der Waals surface area contributed by atoms with Gasteiger partial charge in [-0.2, -0.15) is 0 Å². The van der Waals surface area contributed by atoms with E-state index in [-0.39, 0.29) is 5.91 Å². The van der Waals surface area contributed by atoms with Crippen LogP contribution in [0.3, 0.4) is 0 Å². The number of carbonyl (C=O) groups excluding carboxylic acids is 1. The molecule has 1 aliphatic rings. The van der Waals surface area contributed by atoms with E-state index in [1.165, 1.54) is 32.1 Å². The number of nitrogen functional groups attached to an aromatic ring is 1. The molecule has 0 spiro atoms. The highest BCUT2D eigenvalue weighted by Crippen LogP contribution is 2.25. The average Bonchev–Trinajstić information content (AvgIpc) is 2.39. The number of hydrogen-bond donors (Lipinski definition) is 1. The first-order chi connectivity index (χ1) is 9.08. The third-order valence-electron chi connectivity index (χ3n) is 4.08. The van der Waals surface area contributed by atoms with Gasteiger partial charge < -0.3 is 10.6 Å². The molecule has 1 amide bonds. The van der Waals surface area contributed by atoms with Gasteiger partial charge >= 0.3 is 0 Å². The van der Waals surface area contributed by atoms with Crippen LogP contribution in [0.15, 0.2) is 18.2 Å². The maximum atomic E-state index is 12.4. The zero-order chi connectivity index (χ0) is 13.8. The zero-order valence-electron chi connectivity index (χ0n) is 12.0. The number of carbonyl (C=O) groups is 1. The van der Waals surface area contributed by atoms with E-state index in [2.05, 4.69) is 0 Å². The molecule has 1 aromatic rings. The van der Waals surface area contributed by atoms with Crippen molar-refractivity contribution in [2.24, 2.45) is 5.92 Å². The summed E-state index contributed by atoms with van der Waals surface area (Å²) in [5, 5.41) is 0. The van der Waals surface area contributed by atoms with Crippen LogP contribution >= 0.6 is 0 Å². The number of amides is 1. The monoisotopic (exact) mass is 260 g/mol. The summed E-state index contributed by atoms with van der Waals surface area (Å²) in [6, 6.07) is 5.50. The summed E-state index contributed by atoms with van der Waals surface area (Å²) in [6.07, 6.45) is 6.50. The van der Waals surface area contributed by atoms with Crippen molar-refractivity contribution in [2.45, 2.75) is 39.0 Å². The zero-order valence-corrected chi connectivity index (χ0v) is 12.0. The van der Waals surface area contributed by atoms with E-state index in [9.17, 15) is 4.79 Å². The maximum Gasteiger partial charge on any atom is 0.253 e. The number of rotatable bonds is 3. The summed E-state index contributed by atoms with van der Waals surface area (Å²) in [5.74, 6) is 0.792. The summed E-state index contributed by atoms with van der Waals surface area (Å²) in [7, 11) is 1.91. The standard InChI is InChI=1S/C16H24N2O/c1-12-10-14(17)8-9-15(12)16(19)18(2)11-13-6-4-3-5-7-13/h8-10,13H,3-7,11,17H2,1-2H3. The fraction of sp³-hybridized carbons (Fsp3) is 0.562. The van der Waals surface area contributed by atoms with Gasteiger partial charge in [-0.25, -0.2) is 0 Å². The first-order valence-corrected chi connectivity index (χ1v) is 7.19. The fourth-order valence-corrected chi connectivity index (χ4v) is 2.97. The minimum absolute atomic E-state index is 0.114. The van der Waals surface area contributed by atoms with Gasteiger partial charge in [-0.1, -0.05) is 19.3 Å². The van der Waals surface area contributed by atoms with Gasteiger partial charge in [0.15, 0.2) is 0 Å². The number of benzene rings is 1. The van der Waals surface area contributed by atoms with Crippen LogP contribution < -0.4 is 5.73 Å². The normalized spacial score (nSPS) is 16.3. The van der Waals surface area contributed by atoms with E-state index in [4.69, 9.17) is 5.73 Å². The summed E-state index contributed by atoms with van der Waals surface area (Å²) in [6.45, 7) is 2.82. The Bertz CT molecular complexity index is 450. The van der Waals surface area contributed by atoms with Gasteiger partial charge in [0, 0.05) is 24.8 Å². The third kappa shape index (κ3) is 3.49. The van der Waals surface area contributed by atoms with Crippen LogP contribution in [0, 0.1) is 12.8 Å². The number of nitrogens with two attached hydrogens (primary N) is 1. The molecule has 3 heteroatoms. The van der Waals surface area contributed by atoms with E-state index in [1.807, 2.05) is 31.0 Å². The van der Waals surface area contributed by atoms with Crippen LogP contribution in [0.1, 0.15) is 48.0 Å². The lowest BCUT2D eigenvalue weighted by molar-refractivity contribution is 0.0760. The highest BCUT2D eigenvalue weighted by Gasteiger charge is 2.20. The topological polar surface area (TPSA) is 46.3 Å². The second kappa shape index (κ2) is 6.09. The number of anilines is 1. The highest BCUT2D eigenvalue weighted by atomic mass is 16.2. The molecule has 104 valence electrons. The Balaban J connectivity index is 2.01. The lowest BCUT2D eigenvalue weighted by atomic mass is 9.89. The van der Waals surface area contributed by atoms with Crippen molar-refractivity contribution in [3.05, 3.63) is 29.3 Å². The van der Waals surface area contributed by atoms with E-state index in [0.717, 1.165) is 17.7 Å². The molecule has 0 aromatic heterocycles. The fourth-order valence-electron chi connectivity index (χ4n) is 2.97. The summed E-state index contributed by atoms with van der Waals surface area (Å²) in [5.41, 5.74) is 8.17. The molecule has 3 nitrogen and oxygen atoms in total. The number of hydrogen-bond acceptors (Lipinski definition) is 2. The van der Waals surface area contributed by atoms with Crippen LogP contribution in [0.5, 0.6) is 0 Å². The van der Waals surface area contributed by atoms with Gasteiger partial charge in [0.05, 0.1) is 0 Å². The highest BCUT2D eigenvalue weighted by molar-refractivity contribution is 5.95. The molecule has 2 N–H and O–H groups in total. The molecule has 0 saturated heterocycles. The van der Waals surface area contributed by atoms with Gasteiger partial charge in [0.1, 0.15) is 0 Å². The van der Waals surface area contributed by atoms with Crippen LogP contribution in [-0.2, 0) is 0 Å². The van der Waals surface area contributed by atoms with E-state index in [1.54, 1.807) is 6.07 Å². The van der Waals surface area contributed by atoms with Crippen molar-refractivity contribution in [1.82, 2.24) is 4.90 Å². The Morgan fingerprint density at radius 1 is 1.32 bits per heavy atom. The molecule has 19 heavy (non-hydrogen) atoms. The smallest absolute Gasteiger partial charge is 0.253 e. The maximum absolute atomic E-state index is 12.4. The van der Waals surface area contributed by atoms with E-state index >= 15 is 0 Å². The Kier molecular flexibility index (Phi) is 4.46. The summed E-state index contributed by atoms with van der Waals surface area (Å²) in [4.78, 5) is 14.3. The summed E-state index contributed by atoms with van der Waals surface area (Å²) < 4.78 is 0. The van der Waals surface area contributed by atoms with Gasteiger partial charge in [-0.15, -0.1) is 0 Å². The second-order valence-electron chi connectivity index (χ2n) is 5.76. The first kappa shape index (κ1) is 13.9. The Morgan fingerprint density at radius 3 is 2.63 bits per heavy atom. The second-order valence-corrected chi connectivity index (χ2v) is 5.76. The quantitative estimate of drug-likeness (QED) is 0.848. The molecular weight excluding hydrogens is 236 g/mol. The average molecular weight is 260 g/mol. The third-order valence-corrected chi connectivity index (χ3v) is 4.08. The largest absolute Gasteiger partial charge is 0.399 e. The van der Waals surface area contributed by atoms with Crippen molar-refractivity contribution < 1.29 is 4.79 Å². The molecule has 1 aliphatic carbocycles. The molecule has 1 aromatic carbocycles. The van der Waals surface area contributed by atoms with Crippen molar-refractivity contribution in [2.75, 3.05) is 19.3 Å². The van der Waals surface area contributed by atoms with Crippen molar-refractivity contribution in [3.63, 3.8) is 0 Å². The lowest BCUT2D eigenvalue weighted by Gasteiger charge is -2.27. The van der Waals surface area contributed by atoms with Crippen LogP contribution in [0.4, 0.5) is 5.69 Å². The predicted octanol–water partition coefficient (Wildman–Crippen LogP) is 3.23. The molecule has 0 unspecified atom stereocenters. The predicted molar refractivity (Wildman–Crippen MR) is 79.1 cm³/mol. The van der Waals surface area contributed by atoms with E-state index in [0.29, 0.717) is 11.6 Å². The molecular formula is C16H24N2O. The van der Waals surface area contributed by atoms with Gasteiger partial charge in [0.2, 0.25) is 0 Å². The minimum atomic E-state index is 0.114. The molecule has 0 heterocycles. The Labute approximate surface area is 115 Å². The molecule has 0 atom stereocenters. The molecule has 0 bridgehead atoms. The van der Waals surface area contributed by atoms with Crippen molar-refractivity contribution >= 4 is 11.6 Å². The molecule has 2 rings (SSSR count). The minimum Gasteiger partial charge on any atom is -0.399 e. The number of nitrogens with zero attached hydrogens (tertiary/aromatic N) is 1. The molecule has 1 saturated carbocycles. The van der Waals surface area contributed by atoms with Crippen LogP contribution in [0.25, 0.3) is 0 Å². The first-order valence-electron chi connectivity index (χ1n) is 7.19. The van der Waals surface area contributed by atoms with Gasteiger partial charge in [-0.3, -0.25) is 4.79 Å². The molecule has 1 fully saturated rings. The molecule has 0 radical (unpaired) electrons. The van der Waals surface area contributed by atoms with Crippen LogP contribution in [0.2, 0.25) is 0 Å².